The molecule has 0 radical (unpaired) electrons. The normalized spacial score (nSPS) is 15.9. The van der Waals surface area contributed by atoms with Crippen LogP contribution in [0.3, 0.4) is 0 Å². The van der Waals surface area contributed by atoms with Crippen molar-refractivity contribution in [2.75, 3.05) is 11.4 Å². The van der Waals surface area contributed by atoms with Gasteiger partial charge in [0.15, 0.2) is 17.9 Å². The van der Waals surface area contributed by atoms with Crippen LogP contribution >= 0.6 is 11.8 Å². The Morgan fingerprint density at radius 2 is 1.79 bits per heavy atom. The molecule has 1 aromatic heterocycles. The van der Waals surface area contributed by atoms with Gasteiger partial charge in [-0.1, -0.05) is 50.6 Å². The van der Waals surface area contributed by atoms with Gasteiger partial charge in [0.1, 0.15) is 0 Å². The summed E-state index contributed by atoms with van der Waals surface area (Å²) >= 11 is 1.88. The number of aromatic nitrogens is 1. The summed E-state index contributed by atoms with van der Waals surface area (Å²) in [4.78, 5) is 3.78. The lowest BCUT2D eigenvalue weighted by Gasteiger charge is -2.18. The van der Waals surface area contributed by atoms with Crippen LogP contribution in [0.15, 0.2) is 46.3 Å². The van der Waals surface area contributed by atoms with Crippen molar-refractivity contribution < 1.29 is 4.57 Å². The highest BCUT2D eigenvalue weighted by molar-refractivity contribution is 8.03. The number of aryl methyl sites for hydroxylation is 2. The molecular weight excluding hydrogens is 360 g/mol. The maximum Gasteiger partial charge on any atom is 0.179 e. The Morgan fingerprint density at radius 1 is 1.07 bits per heavy atom. The first-order chi connectivity index (χ1) is 13.6. The molecule has 1 aliphatic heterocycles. The zero-order chi connectivity index (χ0) is 20.1. The van der Waals surface area contributed by atoms with Gasteiger partial charge in [-0.3, -0.25) is 0 Å². The van der Waals surface area contributed by atoms with E-state index in [1.54, 1.807) is 0 Å². The standard InChI is InChI=1S/C25H35N2S/c1-6-9-12-21(7-2)18-27-19(4)15-22(16-20(27)5)17-25-26(8-3)23-13-10-11-14-24(23)28-25/h10-11,13-17,21H,6-9,12,18H2,1-5H3/q+1/t21-/m1/s1. The largest absolute Gasteiger partial charge is 0.335 e. The third-order valence-corrected chi connectivity index (χ3v) is 6.94. The SMILES string of the molecule is CCCC[C@@H](CC)C[n+]1c(C)cc(C=C2Sc3ccccc3N2CC)cc1C. The number of unbranched alkanes of at least 4 members (excludes halogenated alkanes) is 1. The molecule has 0 amide bonds. The van der Waals surface area contributed by atoms with E-state index in [4.69, 9.17) is 0 Å². The number of hydrogen-bond donors (Lipinski definition) is 0. The second kappa shape index (κ2) is 9.65. The maximum absolute atomic E-state index is 2.51. The van der Waals surface area contributed by atoms with E-state index in [9.17, 15) is 0 Å². The topological polar surface area (TPSA) is 7.12 Å². The molecule has 0 fully saturated rings. The zero-order valence-electron chi connectivity index (χ0n) is 18.2. The highest BCUT2D eigenvalue weighted by Gasteiger charge is 2.24. The zero-order valence-corrected chi connectivity index (χ0v) is 19.0. The van der Waals surface area contributed by atoms with Gasteiger partial charge in [-0.05, 0) is 43.5 Å². The second-order valence-electron chi connectivity index (χ2n) is 7.90. The van der Waals surface area contributed by atoms with Gasteiger partial charge in [-0.15, -0.1) is 0 Å². The summed E-state index contributed by atoms with van der Waals surface area (Å²) in [7, 11) is 0. The first kappa shape index (κ1) is 21.0. The van der Waals surface area contributed by atoms with Gasteiger partial charge in [-0.25, -0.2) is 0 Å². The fraction of sp³-hybridized carbons (Fsp3) is 0.480. The van der Waals surface area contributed by atoms with E-state index in [-0.39, 0.29) is 0 Å². The average Bonchev–Trinajstić information content (AvgIpc) is 3.03. The lowest BCUT2D eigenvalue weighted by atomic mass is 9.98. The molecule has 0 saturated carbocycles. The summed E-state index contributed by atoms with van der Waals surface area (Å²) in [6.45, 7) is 13.5. The fourth-order valence-electron chi connectivity index (χ4n) is 4.13. The molecule has 1 aliphatic rings. The average molecular weight is 396 g/mol. The number of para-hydroxylation sites is 1. The van der Waals surface area contributed by atoms with Crippen molar-refractivity contribution in [3.8, 4) is 0 Å². The number of anilines is 1. The summed E-state index contributed by atoms with van der Waals surface area (Å²) in [5.41, 5.74) is 5.37. The van der Waals surface area contributed by atoms with Crippen LogP contribution in [0.2, 0.25) is 0 Å². The van der Waals surface area contributed by atoms with Crippen LogP contribution < -0.4 is 9.47 Å². The van der Waals surface area contributed by atoms with Gasteiger partial charge < -0.3 is 4.90 Å². The molecule has 1 atom stereocenters. The van der Waals surface area contributed by atoms with Crippen molar-refractivity contribution in [3.63, 3.8) is 0 Å². The van der Waals surface area contributed by atoms with E-state index in [1.807, 2.05) is 11.8 Å². The number of benzene rings is 1. The molecule has 0 unspecified atom stereocenters. The summed E-state index contributed by atoms with van der Waals surface area (Å²) in [5, 5.41) is 1.33. The van der Waals surface area contributed by atoms with Gasteiger partial charge in [-0.2, -0.15) is 4.57 Å². The minimum atomic E-state index is 0.780. The number of fused-ring (bicyclic) bond motifs is 1. The molecule has 28 heavy (non-hydrogen) atoms. The van der Waals surface area contributed by atoms with Crippen LogP contribution in [-0.2, 0) is 6.54 Å². The molecule has 1 aromatic carbocycles. The molecule has 0 bridgehead atoms. The predicted molar refractivity (Wildman–Crippen MR) is 123 cm³/mol. The monoisotopic (exact) mass is 395 g/mol. The number of rotatable bonds is 8. The molecule has 2 heterocycles. The van der Waals surface area contributed by atoms with Crippen molar-refractivity contribution in [1.29, 1.82) is 0 Å². The lowest BCUT2D eigenvalue weighted by Crippen LogP contribution is -2.43. The number of thioether (sulfide) groups is 1. The molecular formula is C25H35N2S+. The summed E-state index contributed by atoms with van der Waals surface area (Å²) in [6.07, 6.45) is 7.58. The molecule has 0 saturated heterocycles. The lowest BCUT2D eigenvalue weighted by molar-refractivity contribution is -0.714. The molecule has 3 heteroatoms. The number of pyridine rings is 1. The van der Waals surface area contributed by atoms with Crippen molar-refractivity contribution >= 4 is 23.5 Å². The van der Waals surface area contributed by atoms with Gasteiger partial charge in [0.05, 0.1) is 10.7 Å². The Balaban J connectivity index is 1.84. The predicted octanol–water partition coefficient (Wildman–Crippen LogP) is 6.74. The van der Waals surface area contributed by atoms with E-state index < -0.39 is 0 Å². The third-order valence-electron chi connectivity index (χ3n) is 5.83. The Labute approximate surface area is 175 Å². The minimum absolute atomic E-state index is 0.780. The van der Waals surface area contributed by atoms with E-state index >= 15 is 0 Å². The Hall–Kier alpha value is -1.74. The minimum Gasteiger partial charge on any atom is -0.335 e. The first-order valence-electron chi connectivity index (χ1n) is 10.8. The number of nitrogens with zero attached hydrogens (tertiary/aromatic N) is 2. The van der Waals surface area contributed by atoms with Crippen molar-refractivity contribution in [3.05, 3.63) is 58.4 Å². The van der Waals surface area contributed by atoms with Crippen molar-refractivity contribution in [1.82, 2.24) is 0 Å². The fourth-order valence-corrected chi connectivity index (χ4v) is 5.32. The Kier molecular flexibility index (Phi) is 7.23. The summed E-state index contributed by atoms with van der Waals surface area (Å²) in [6, 6.07) is 13.4. The van der Waals surface area contributed by atoms with Gasteiger partial charge in [0.25, 0.3) is 0 Å². The molecule has 2 aromatic rings. The molecule has 0 spiro atoms. The van der Waals surface area contributed by atoms with Crippen LogP contribution in [0.25, 0.3) is 6.08 Å². The summed E-state index contributed by atoms with van der Waals surface area (Å²) in [5.74, 6) is 0.780. The quantitative estimate of drug-likeness (QED) is 0.457. The van der Waals surface area contributed by atoms with Crippen LogP contribution in [0, 0.1) is 19.8 Å². The van der Waals surface area contributed by atoms with Crippen LogP contribution in [0.5, 0.6) is 0 Å². The van der Waals surface area contributed by atoms with E-state index in [0.29, 0.717) is 0 Å². The summed E-state index contributed by atoms with van der Waals surface area (Å²) < 4.78 is 2.51. The van der Waals surface area contributed by atoms with Crippen LogP contribution in [0.4, 0.5) is 5.69 Å². The van der Waals surface area contributed by atoms with Gasteiger partial charge in [0, 0.05) is 43.3 Å². The molecule has 150 valence electrons. The van der Waals surface area contributed by atoms with Gasteiger partial charge in [0.2, 0.25) is 0 Å². The van der Waals surface area contributed by atoms with E-state index in [0.717, 1.165) is 19.0 Å². The van der Waals surface area contributed by atoms with Gasteiger partial charge >= 0.3 is 0 Å². The van der Waals surface area contributed by atoms with E-state index in [1.165, 1.54) is 58.2 Å². The first-order valence-corrected chi connectivity index (χ1v) is 11.7. The Bertz CT molecular complexity index is 817. The molecule has 3 rings (SSSR count). The smallest absolute Gasteiger partial charge is 0.179 e. The third kappa shape index (κ3) is 4.63. The molecule has 0 N–H and O–H groups in total. The highest BCUT2D eigenvalue weighted by Crippen LogP contribution is 2.46. The maximum atomic E-state index is 2.51. The molecule has 2 nitrogen and oxygen atoms in total. The van der Waals surface area contributed by atoms with Crippen LogP contribution in [-0.4, -0.2) is 6.54 Å². The second-order valence-corrected chi connectivity index (χ2v) is 8.96. The van der Waals surface area contributed by atoms with Crippen LogP contribution in [0.1, 0.15) is 63.4 Å². The molecule has 0 aliphatic carbocycles. The Morgan fingerprint density at radius 3 is 2.43 bits per heavy atom. The van der Waals surface area contributed by atoms with Crippen molar-refractivity contribution in [2.45, 2.75) is 71.7 Å². The van der Waals surface area contributed by atoms with Crippen molar-refractivity contribution in [2.24, 2.45) is 5.92 Å². The highest BCUT2D eigenvalue weighted by atomic mass is 32.2. The van der Waals surface area contributed by atoms with E-state index in [2.05, 4.69) is 86.6 Å². The number of hydrogen-bond acceptors (Lipinski definition) is 2.